The first-order valence-electron chi connectivity index (χ1n) is 5.70. The van der Waals surface area contributed by atoms with Crippen LogP contribution < -0.4 is 39.4 Å². The molecule has 0 amide bonds. The Kier molecular flexibility index (Phi) is 10.8. The molecule has 0 saturated carbocycles. The Morgan fingerprint density at radius 3 is 2.14 bits per heavy atom. The molecule has 2 rings (SSSR count). The van der Waals surface area contributed by atoms with Gasteiger partial charge in [-0.15, -0.1) is 0 Å². The van der Waals surface area contributed by atoms with Crippen LogP contribution in [0.3, 0.4) is 0 Å². The first-order chi connectivity index (χ1) is 8.66. The Balaban J connectivity index is 0. The number of rotatable bonds is 4. The van der Waals surface area contributed by atoms with E-state index < -0.39 is 11.9 Å². The Morgan fingerprint density at radius 1 is 1.00 bits per heavy atom. The molecule has 6 heteroatoms. The molecule has 1 unspecified atom stereocenters. The van der Waals surface area contributed by atoms with Crippen molar-refractivity contribution in [2.45, 2.75) is 12.8 Å². The Hall–Kier alpha value is -1.37. The standard InChI is InChI=1S/C15H14O3.Na.2H2O/c1-11(15(16)17)12-6-5-9-14(10-12)18-13-7-3-2-4-8-13;;;/h2-11H,1H3,(H,16,17);;2*1H2/q;+1;;/p-1. The molecular weight excluding hydrogens is 283 g/mol. The fourth-order valence-electron chi connectivity index (χ4n) is 1.61. The summed E-state index contributed by atoms with van der Waals surface area (Å²) in [5, 5.41) is 10.8. The summed E-state index contributed by atoms with van der Waals surface area (Å²) in [4.78, 5) is 10.8. The summed E-state index contributed by atoms with van der Waals surface area (Å²) in [6.07, 6.45) is 0. The summed E-state index contributed by atoms with van der Waals surface area (Å²) < 4.78 is 5.64. The molecule has 5 nitrogen and oxygen atoms in total. The predicted molar refractivity (Wildman–Crippen MR) is 73.6 cm³/mol. The zero-order valence-electron chi connectivity index (χ0n) is 12.0. The van der Waals surface area contributed by atoms with E-state index in [-0.39, 0.29) is 40.5 Å². The van der Waals surface area contributed by atoms with Crippen molar-refractivity contribution in [3.05, 3.63) is 60.2 Å². The molecule has 0 heterocycles. The van der Waals surface area contributed by atoms with E-state index in [1.54, 1.807) is 31.2 Å². The molecule has 0 aromatic heterocycles. The second-order valence-corrected chi connectivity index (χ2v) is 4.03. The fraction of sp³-hybridized carbons (Fsp3) is 0.133. The average Bonchev–Trinajstić information content (AvgIpc) is 2.39. The summed E-state index contributed by atoms with van der Waals surface area (Å²) in [7, 11) is 0. The molecule has 0 saturated heterocycles. The topological polar surface area (TPSA) is 112 Å². The van der Waals surface area contributed by atoms with Crippen LogP contribution in [-0.4, -0.2) is 16.9 Å². The maximum atomic E-state index is 10.8. The van der Waals surface area contributed by atoms with Crippen LogP contribution in [0.25, 0.3) is 0 Å². The van der Waals surface area contributed by atoms with Crippen LogP contribution in [0.4, 0.5) is 0 Å². The van der Waals surface area contributed by atoms with Crippen molar-refractivity contribution in [3.8, 4) is 11.5 Å². The van der Waals surface area contributed by atoms with Crippen LogP contribution >= 0.6 is 0 Å². The molecule has 108 valence electrons. The van der Waals surface area contributed by atoms with Gasteiger partial charge in [-0.3, -0.25) is 0 Å². The van der Waals surface area contributed by atoms with Crippen LogP contribution in [0, 0.1) is 0 Å². The monoisotopic (exact) mass is 300 g/mol. The van der Waals surface area contributed by atoms with E-state index in [0.717, 1.165) is 5.75 Å². The van der Waals surface area contributed by atoms with Gasteiger partial charge in [-0.1, -0.05) is 37.3 Å². The Labute approximate surface area is 145 Å². The third kappa shape index (κ3) is 6.29. The maximum Gasteiger partial charge on any atom is 1.00 e. The minimum absolute atomic E-state index is 0. The van der Waals surface area contributed by atoms with Crippen molar-refractivity contribution in [2.24, 2.45) is 0 Å². The fourth-order valence-corrected chi connectivity index (χ4v) is 1.61. The second kappa shape index (κ2) is 10.4. The zero-order chi connectivity index (χ0) is 13.0. The van der Waals surface area contributed by atoms with E-state index in [9.17, 15) is 9.90 Å². The Bertz CT molecular complexity index is 545. The number of aliphatic carboxylic acids is 1. The molecular formula is C15H17NaO5. The molecule has 0 radical (unpaired) electrons. The molecule has 4 N–H and O–H groups in total. The van der Waals surface area contributed by atoms with E-state index in [1.165, 1.54) is 0 Å². The van der Waals surface area contributed by atoms with E-state index in [0.29, 0.717) is 11.3 Å². The number of carbonyl (C=O) groups excluding carboxylic acids is 1. The smallest absolute Gasteiger partial charge is 0.550 e. The number of hydrogen-bond donors (Lipinski definition) is 0. The van der Waals surface area contributed by atoms with Gasteiger partial charge in [-0.2, -0.15) is 0 Å². The third-order valence-electron chi connectivity index (χ3n) is 2.69. The first kappa shape index (κ1) is 21.9. The number of ether oxygens (including phenoxy) is 1. The van der Waals surface area contributed by atoms with Crippen molar-refractivity contribution >= 4 is 5.97 Å². The van der Waals surface area contributed by atoms with Crippen LogP contribution in [0.1, 0.15) is 18.4 Å². The molecule has 0 aliphatic carbocycles. The van der Waals surface area contributed by atoms with Gasteiger partial charge in [0.15, 0.2) is 0 Å². The van der Waals surface area contributed by atoms with Gasteiger partial charge >= 0.3 is 29.6 Å². The van der Waals surface area contributed by atoms with E-state index >= 15 is 0 Å². The van der Waals surface area contributed by atoms with Crippen molar-refractivity contribution < 1.29 is 55.1 Å². The van der Waals surface area contributed by atoms with Crippen molar-refractivity contribution in [1.82, 2.24) is 0 Å². The van der Waals surface area contributed by atoms with Crippen LogP contribution in [0.5, 0.6) is 11.5 Å². The summed E-state index contributed by atoms with van der Waals surface area (Å²) in [5.74, 6) is -0.404. The number of carbonyl (C=O) groups is 1. The van der Waals surface area contributed by atoms with Crippen LogP contribution in [-0.2, 0) is 4.79 Å². The van der Waals surface area contributed by atoms with Gasteiger partial charge in [0.25, 0.3) is 0 Å². The quantitative estimate of drug-likeness (QED) is 0.591. The normalized spacial score (nSPS) is 10.1. The molecule has 1 atom stereocenters. The maximum absolute atomic E-state index is 10.8. The van der Waals surface area contributed by atoms with E-state index in [2.05, 4.69) is 0 Å². The second-order valence-electron chi connectivity index (χ2n) is 4.03. The summed E-state index contributed by atoms with van der Waals surface area (Å²) in [6, 6.07) is 16.4. The number of carboxylic acids is 1. The minimum atomic E-state index is -1.09. The van der Waals surface area contributed by atoms with Gasteiger partial charge in [0.2, 0.25) is 0 Å². The van der Waals surface area contributed by atoms with Crippen molar-refractivity contribution in [2.75, 3.05) is 0 Å². The van der Waals surface area contributed by atoms with Gasteiger partial charge in [0, 0.05) is 11.9 Å². The van der Waals surface area contributed by atoms with Gasteiger partial charge in [-0.05, 0) is 29.8 Å². The first-order valence-corrected chi connectivity index (χ1v) is 5.70. The number of benzene rings is 2. The van der Waals surface area contributed by atoms with Crippen LogP contribution in [0.2, 0.25) is 0 Å². The van der Waals surface area contributed by atoms with E-state index in [4.69, 9.17) is 4.74 Å². The Morgan fingerprint density at radius 2 is 1.57 bits per heavy atom. The molecule has 21 heavy (non-hydrogen) atoms. The number of hydrogen-bond acceptors (Lipinski definition) is 3. The molecule has 0 aliphatic rings. The minimum Gasteiger partial charge on any atom is -0.550 e. The number of carboxylic acid groups (broad SMARTS) is 1. The van der Waals surface area contributed by atoms with E-state index in [1.807, 2.05) is 30.3 Å². The van der Waals surface area contributed by atoms with Crippen molar-refractivity contribution in [1.29, 1.82) is 0 Å². The van der Waals surface area contributed by atoms with Gasteiger partial charge in [0.1, 0.15) is 11.5 Å². The molecule has 0 fully saturated rings. The zero-order valence-corrected chi connectivity index (χ0v) is 14.0. The van der Waals surface area contributed by atoms with Gasteiger partial charge in [0.05, 0.1) is 0 Å². The largest absolute Gasteiger partial charge is 1.00 e. The number of para-hydroxylation sites is 1. The molecule has 0 aliphatic heterocycles. The van der Waals surface area contributed by atoms with Crippen LogP contribution in [0.15, 0.2) is 54.6 Å². The summed E-state index contributed by atoms with van der Waals surface area (Å²) in [6.45, 7) is 1.59. The molecule has 2 aromatic carbocycles. The third-order valence-corrected chi connectivity index (χ3v) is 2.69. The molecule has 2 aromatic rings. The summed E-state index contributed by atoms with van der Waals surface area (Å²) in [5.41, 5.74) is 0.670. The SMILES string of the molecule is CC(C(=O)[O-])c1cccc(Oc2ccccc2)c1.O.O.[Na+]. The molecule has 0 bridgehead atoms. The van der Waals surface area contributed by atoms with Gasteiger partial charge < -0.3 is 25.6 Å². The van der Waals surface area contributed by atoms with Gasteiger partial charge in [-0.25, -0.2) is 0 Å². The average molecular weight is 300 g/mol. The summed E-state index contributed by atoms with van der Waals surface area (Å²) >= 11 is 0. The van der Waals surface area contributed by atoms with Crippen molar-refractivity contribution in [3.63, 3.8) is 0 Å². The molecule has 0 spiro atoms. The predicted octanol–water partition coefficient (Wildman–Crippen LogP) is -2.31.